The second kappa shape index (κ2) is 5.52. The second-order valence-corrected chi connectivity index (χ2v) is 5.88. The molecule has 4 heteroatoms. The molecule has 2 aliphatic rings. The number of carbonyl (C=O) groups is 1. The van der Waals surface area contributed by atoms with E-state index >= 15 is 0 Å². The number of nitrogens with zero attached hydrogens (tertiary/aromatic N) is 1. The van der Waals surface area contributed by atoms with Crippen LogP contribution < -0.4 is 5.32 Å². The van der Waals surface area contributed by atoms with E-state index in [4.69, 9.17) is 0 Å². The first-order chi connectivity index (χ1) is 9.69. The van der Waals surface area contributed by atoms with E-state index in [2.05, 4.69) is 12.2 Å². The van der Waals surface area contributed by atoms with Gasteiger partial charge < -0.3 is 4.90 Å². The van der Waals surface area contributed by atoms with Crippen molar-refractivity contribution in [2.24, 2.45) is 5.92 Å². The van der Waals surface area contributed by atoms with Crippen LogP contribution in [0.2, 0.25) is 0 Å². The molecule has 1 amide bonds. The maximum Gasteiger partial charge on any atom is 0.238 e. The SMILES string of the molecule is CCC(CC1CC1)N1C(=O)CNC1c1cccc(F)c1. The molecule has 0 aromatic heterocycles. The molecule has 3 nitrogen and oxygen atoms in total. The van der Waals surface area contributed by atoms with Crippen LogP contribution >= 0.6 is 0 Å². The summed E-state index contributed by atoms with van der Waals surface area (Å²) in [6.07, 6.45) is 4.43. The van der Waals surface area contributed by atoms with Gasteiger partial charge in [0.05, 0.1) is 6.54 Å². The van der Waals surface area contributed by atoms with Gasteiger partial charge in [-0.25, -0.2) is 4.39 Å². The Balaban J connectivity index is 1.83. The zero-order valence-electron chi connectivity index (χ0n) is 11.8. The highest BCUT2D eigenvalue weighted by atomic mass is 19.1. The number of hydrogen-bond acceptors (Lipinski definition) is 2. The van der Waals surface area contributed by atoms with Gasteiger partial charge in [0.25, 0.3) is 0 Å². The first-order valence-electron chi connectivity index (χ1n) is 7.49. The lowest BCUT2D eigenvalue weighted by Gasteiger charge is -2.32. The largest absolute Gasteiger partial charge is 0.319 e. The fourth-order valence-electron chi connectivity index (χ4n) is 3.10. The zero-order valence-corrected chi connectivity index (χ0v) is 11.8. The van der Waals surface area contributed by atoms with Crippen molar-refractivity contribution in [3.63, 3.8) is 0 Å². The van der Waals surface area contributed by atoms with Crippen LogP contribution in [-0.4, -0.2) is 23.4 Å². The van der Waals surface area contributed by atoms with Crippen LogP contribution in [0.3, 0.4) is 0 Å². The van der Waals surface area contributed by atoms with Crippen LogP contribution in [0.5, 0.6) is 0 Å². The van der Waals surface area contributed by atoms with Gasteiger partial charge in [0.2, 0.25) is 5.91 Å². The molecule has 1 heterocycles. The summed E-state index contributed by atoms with van der Waals surface area (Å²) in [5.41, 5.74) is 0.838. The number of amides is 1. The van der Waals surface area contributed by atoms with Crippen LogP contribution in [0.4, 0.5) is 4.39 Å². The van der Waals surface area contributed by atoms with Crippen molar-refractivity contribution in [2.45, 2.75) is 44.8 Å². The Kier molecular flexibility index (Phi) is 3.74. The Labute approximate surface area is 119 Å². The second-order valence-electron chi connectivity index (χ2n) is 5.88. The van der Waals surface area contributed by atoms with Gasteiger partial charge in [-0.2, -0.15) is 0 Å². The Morgan fingerprint density at radius 2 is 2.25 bits per heavy atom. The number of nitrogens with one attached hydrogen (secondary N) is 1. The van der Waals surface area contributed by atoms with Gasteiger partial charge in [-0.1, -0.05) is 31.9 Å². The molecular weight excluding hydrogens is 255 g/mol. The molecule has 1 saturated heterocycles. The minimum absolute atomic E-state index is 0.131. The third kappa shape index (κ3) is 2.70. The number of hydrogen-bond donors (Lipinski definition) is 1. The first kappa shape index (κ1) is 13.6. The lowest BCUT2D eigenvalue weighted by Crippen LogP contribution is -2.39. The average molecular weight is 276 g/mol. The molecular formula is C16H21FN2O. The van der Waals surface area contributed by atoms with Crippen molar-refractivity contribution in [1.29, 1.82) is 0 Å². The van der Waals surface area contributed by atoms with Gasteiger partial charge >= 0.3 is 0 Å². The van der Waals surface area contributed by atoms with E-state index < -0.39 is 0 Å². The highest BCUT2D eigenvalue weighted by Crippen LogP contribution is 2.37. The highest BCUT2D eigenvalue weighted by Gasteiger charge is 2.38. The zero-order chi connectivity index (χ0) is 14.1. The highest BCUT2D eigenvalue weighted by molar-refractivity contribution is 5.81. The van der Waals surface area contributed by atoms with E-state index in [-0.39, 0.29) is 23.9 Å². The maximum atomic E-state index is 13.4. The summed E-state index contributed by atoms with van der Waals surface area (Å²) in [4.78, 5) is 14.2. The number of rotatable bonds is 5. The lowest BCUT2D eigenvalue weighted by molar-refractivity contribution is -0.130. The van der Waals surface area contributed by atoms with E-state index in [1.54, 1.807) is 6.07 Å². The van der Waals surface area contributed by atoms with Crippen molar-refractivity contribution < 1.29 is 9.18 Å². The molecule has 108 valence electrons. The predicted octanol–water partition coefficient (Wildman–Crippen LogP) is 2.83. The van der Waals surface area contributed by atoms with Crippen LogP contribution in [0.1, 0.15) is 44.3 Å². The summed E-state index contributed by atoms with van der Waals surface area (Å²) in [5.74, 6) is 0.659. The van der Waals surface area contributed by atoms with Crippen LogP contribution in [0.15, 0.2) is 24.3 Å². The number of halogens is 1. The van der Waals surface area contributed by atoms with E-state index in [0.717, 1.165) is 24.3 Å². The summed E-state index contributed by atoms with van der Waals surface area (Å²) in [6.45, 7) is 2.48. The van der Waals surface area contributed by atoms with Crippen LogP contribution in [-0.2, 0) is 4.79 Å². The molecule has 1 aliphatic carbocycles. The van der Waals surface area contributed by atoms with Crippen molar-refractivity contribution in [1.82, 2.24) is 10.2 Å². The Morgan fingerprint density at radius 3 is 2.90 bits per heavy atom. The smallest absolute Gasteiger partial charge is 0.238 e. The fraction of sp³-hybridized carbons (Fsp3) is 0.562. The summed E-state index contributed by atoms with van der Waals surface area (Å²) in [5, 5.41) is 3.22. The van der Waals surface area contributed by atoms with Gasteiger partial charge in [-0.05, 0) is 36.5 Å². The van der Waals surface area contributed by atoms with Gasteiger partial charge in [0.1, 0.15) is 12.0 Å². The molecule has 2 unspecified atom stereocenters. The monoisotopic (exact) mass is 276 g/mol. The maximum absolute atomic E-state index is 13.4. The van der Waals surface area contributed by atoms with E-state index in [9.17, 15) is 9.18 Å². The third-order valence-electron chi connectivity index (χ3n) is 4.34. The van der Waals surface area contributed by atoms with Crippen LogP contribution in [0.25, 0.3) is 0 Å². The van der Waals surface area contributed by atoms with Gasteiger partial charge in [-0.3, -0.25) is 10.1 Å². The minimum atomic E-state index is -0.251. The molecule has 1 aliphatic heterocycles. The van der Waals surface area contributed by atoms with Gasteiger partial charge in [0, 0.05) is 6.04 Å². The first-order valence-corrected chi connectivity index (χ1v) is 7.49. The summed E-state index contributed by atoms with van der Waals surface area (Å²) in [7, 11) is 0. The minimum Gasteiger partial charge on any atom is -0.319 e. The average Bonchev–Trinajstić information content (AvgIpc) is 3.18. The quantitative estimate of drug-likeness (QED) is 0.897. The molecule has 20 heavy (non-hydrogen) atoms. The molecule has 0 radical (unpaired) electrons. The summed E-state index contributed by atoms with van der Waals surface area (Å²) < 4.78 is 13.4. The Bertz CT molecular complexity index is 501. The predicted molar refractivity (Wildman–Crippen MR) is 75.4 cm³/mol. The van der Waals surface area contributed by atoms with Crippen molar-refractivity contribution in [2.75, 3.05) is 6.54 Å². The topological polar surface area (TPSA) is 32.3 Å². The van der Waals surface area contributed by atoms with Crippen molar-refractivity contribution in [3.05, 3.63) is 35.6 Å². The molecule has 0 bridgehead atoms. The van der Waals surface area contributed by atoms with Crippen molar-refractivity contribution >= 4 is 5.91 Å². The van der Waals surface area contributed by atoms with Gasteiger partial charge in [0.15, 0.2) is 0 Å². The van der Waals surface area contributed by atoms with E-state index in [1.807, 2.05) is 11.0 Å². The third-order valence-corrected chi connectivity index (χ3v) is 4.34. The Hall–Kier alpha value is -1.42. The van der Waals surface area contributed by atoms with E-state index in [1.165, 1.54) is 25.0 Å². The fourth-order valence-corrected chi connectivity index (χ4v) is 3.10. The van der Waals surface area contributed by atoms with E-state index in [0.29, 0.717) is 6.54 Å². The summed E-state index contributed by atoms with van der Waals surface area (Å²) >= 11 is 0. The molecule has 1 N–H and O–H groups in total. The van der Waals surface area contributed by atoms with Crippen LogP contribution in [0, 0.1) is 11.7 Å². The molecule has 2 fully saturated rings. The van der Waals surface area contributed by atoms with Gasteiger partial charge in [-0.15, -0.1) is 0 Å². The molecule has 2 atom stereocenters. The molecule has 1 aromatic carbocycles. The van der Waals surface area contributed by atoms with Crippen molar-refractivity contribution in [3.8, 4) is 0 Å². The Morgan fingerprint density at radius 1 is 1.45 bits per heavy atom. The normalized spacial score (nSPS) is 24.2. The molecule has 1 aromatic rings. The molecule has 0 spiro atoms. The molecule has 3 rings (SSSR count). The lowest BCUT2D eigenvalue weighted by atomic mass is 10.0. The molecule has 1 saturated carbocycles. The number of carbonyl (C=O) groups excluding carboxylic acids is 1. The summed E-state index contributed by atoms with van der Waals surface area (Å²) in [6, 6.07) is 6.81. The standard InChI is InChI=1S/C16H21FN2O/c1-2-14(8-11-6-7-11)19-15(20)10-18-16(19)12-4-3-5-13(17)9-12/h3-5,9,11,14,16,18H,2,6-8,10H2,1H3. The number of benzene rings is 1.